The van der Waals surface area contributed by atoms with E-state index >= 15 is 0 Å². The number of ether oxygens (including phenoxy) is 1. The molecule has 0 fully saturated rings. The van der Waals surface area contributed by atoms with Crippen molar-refractivity contribution in [2.45, 2.75) is 6.92 Å². The molecule has 0 aromatic carbocycles. The molecule has 0 aromatic heterocycles. The first-order chi connectivity index (χ1) is 5.67. The Morgan fingerprint density at radius 1 is 1.83 bits per heavy atom. The number of diazo groups is 1. The molecule has 0 aliphatic carbocycles. The Bertz CT molecular complexity index is 262. The molecule has 64 valence electrons. The Hall–Kier alpha value is -1.83. The zero-order valence-corrected chi connectivity index (χ0v) is 6.65. The summed E-state index contributed by atoms with van der Waals surface area (Å²) in [5.74, 6) is -1.41. The summed E-state index contributed by atoms with van der Waals surface area (Å²) < 4.78 is 4.46. The van der Waals surface area contributed by atoms with Crippen LogP contribution in [0, 0.1) is 5.39 Å². The number of hydrogen-bond donors (Lipinski definition) is 1. The van der Waals surface area contributed by atoms with Crippen molar-refractivity contribution in [1.29, 1.82) is 5.39 Å². The van der Waals surface area contributed by atoms with E-state index in [2.05, 4.69) is 16.3 Å². The van der Waals surface area contributed by atoms with Crippen LogP contribution in [-0.4, -0.2) is 17.7 Å². The molecule has 0 aliphatic heterocycles. The largest absolute Gasteiger partial charge is 0.509 e. The average molecular weight is 169 g/mol. The molecule has 5 nitrogen and oxygen atoms in total. The Kier molecular flexibility index (Phi) is 4.16. The molecule has 0 bridgehead atoms. The second-order valence-corrected chi connectivity index (χ2v) is 1.76. The average Bonchev–Trinajstić information content (AvgIpc) is 2.06. The highest BCUT2D eigenvalue weighted by Gasteiger charge is 2.28. The van der Waals surface area contributed by atoms with Gasteiger partial charge in [0.2, 0.25) is 11.2 Å². The number of carbonyl (C=O) groups is 1. The third-order valence-corrected chi connectivity index (χ3v) is 1.00. The van der Waals surface area contributed by atoms with Crippen LogP contribution in [0.3, 0.4) is 0 Å². The zero-order chi connectivity index (χ0) is 9.56. The summed E-state index contributed by atoms with van der Waals surface area (Å²) in [6.45, 7) is 4.92. The van der Waals surface area contributed by atoms with Crippen molar-refractivity contribution in [1.82, 2.24) is 0 Å². The highest BCUT2D eigenvalue weighted by atomic mass is 16.5. The topological polar surface area (TPSA) is 74.7 Å². The zero-order valence-electron chi connectivity index (χ0n) is 6.65. The van der Waals surface area contributed by atoms with Gasteiger partial charge in [0.05, 0.1) is 6.61 Å². The molecule has 0 unspecified atom stereocenters. The van der Waals surface area contributed by atoms with Gasteiger partial charge in [-0.25, -0.2) is 4.79 Å². The van der Waals surface area contributed by atoms with Crippen LogP contribution in [0.1, 0.15) is 6.92 Å². The van der Waals surface area contributed by atoms with E-state index in [0.717, 1.165) is 6.08 Å². The SMILES string of the molecule is C=C/C(O)=C(\[N+]#N)C(=O)OCC. The highest BCUT2D eigenvalue weighted by molar-refractivity contribution is 5.91. The number of nitrogens with zero attached hydrogens (tertiary/aromatic N) is 2. The van der Waals surface area contributed by atoms with E-state index in [4.69, 9.17) is 10.5 Å². The molecule has 5 heteroatoms. The van der Waals surface area contributed by atoms with Crippen LogP contribution in [0.15, 0.2) is 24.1 Å². The van der Waals surface area contributed by atoms with E-state index in [1.54, 1.807) is 6.92 Å². The van der Waals surface area contributed by atoms with Crippen LogP contribution in [0.4, 0.5) is 0 Å². The summed E-state index contributed by atoms with van der Waals surface area (Å²) in [4.78, 5) is 13.4. The van der Waals surface area contributed by atoms with Gasteiger partial charge in [0.1, 0.15) is 0 Å². The van der Waals surface area contributed by atoms with E-state index in [0.29, 0.717) is 0 Å². The number of allylic oxidation sites excluding steroid dienone is 1. The minimum atomic E-state index is -0.891. The summed E-state index contributed by atoms with van der Waals surface area (Å²) >= 11 is 0. The fraction of sp³-hybridized carbons (Fsp3) is 0.286. The molecular formula is C7H9N2O3+. The van der Waals surface area contributed by atoms with Gasteiger partial charge in [-0.05, 0) is 13.0 Å². The first-order valence-electron chi connectivity index (χ1n) is 3.25. The molecular weight excluding hydrogens is 160 g/mol. The Balaban J connectivity index is 4.70. The van der Waals surface area contributed by atoms with E-state index in [9.17, 15) is 4.79 Å². The van der Waals surface area contributed by atoms with Gasteiger partial charge in [-0.2, -0.15) is 0 Å². The molecule has 12 heavy (non-hydrogen) atoms. The smallest absolute Gasteiger partial charge is 0.501 e. The lowest BCUT2D eigenvalue weighted by Gasteiger charge is -1.92. The molecule has 0 aliphatic rings. The van der Waals surface area contributed by atoms with Crippen LogP contribution in [-0.2, 0) is 9.53 Å². The van der Waals surface area contributed by atoms with Gasteiger partial charge in [-0.3, -0.25) is 0 Å². The molecule has 0 aromatic rings. The van der Waals surface area contributed by atoms with Gasteiger partial charge >= 0.3 is 11.7 Å². The molecule has 0 rings (SSSR count). The van der Waals surface area contributed by atoms with Crippen molar-refractivity contribution in [3.63, 3.8) is 0 Å². The Morgan fingerprint density at radius 3 is 2.75 bits per heavy atom. The summed E-state index contributed by atoms with van der Waals surface area (Å²) in [7, 11) is 0. The molecule has 0 saturated heterocycles. The van der Waals surface area contributed by atoms with Crippen molar-refractivity contribution in [2.24, 2.45) is 0 Å². The second kappa shape index (κ2) is 4.91. The lowest BCUT2D eigenvalue weighted by molar-refractivity contribution is -0.138. The number of aliphatic hydroxyl groups excluding tert-OH is 1. The predicted molar refractivity (Wildman–Crippen MR) is 41.6 cm³/mol. The second-order valence-electron chi connectivity index (χ2n) is 1.76. The minimum absolute atomic E-state index is 0.141. The number of aliphatic hydroxyl groups is 1. The predicted octanol–water partition coefficient (Wildman–Crippen LogP) is 1.36. The van der Waals surface area contributed by atoms with Crippen LogP contribution in [0.5, 0.6) is 0 Å². The van der Waals surface area contributed by atoms with Gasteiger partial charge in [0, 0.05) is 0 Å². The third kappa shape index (κ3) is 2.42. The number of rotatable bonds is 3. The van der Waals surface area contributed by atoms with Gasteiger partial charge in [0.25, 0.3) is 0 Å². The van der Waals surface area contributed by atoms with Crippen molar-refractivity contribution in [2.75, 3.05) is 6.61 Å². The number of carbonyl (C=O) groups excluding carboxylic acids is 1. The molecule has 0 spiro atoms. The van der Waals surface area contributed by atoms with Gasteiger partial charge in [-0.15, -0.1) is 0 Å². The summed E-state index contributed by atoms with van der Waals surface area (Å²) in [6, 6.07) is 0. The quantitative estimate of drug-likeness (QED) is 0.227. The Morgan fingerprint density at radius 2 is 2.42 bits per heavy atom. The minimum Gasteiger partial charge on any atom is -0.501 e. The van der Waals surface area contributed by atoms with Crippen molar-refractivity contribution in [3.05, 3.63) is 29.1 Å². The van der Waals surface area contributed by atoms with Gasteiger partial charge < -0.3 is 9.84 Å². The van der Waals surface area contributed by atoms with Crippen LogP contribution < -0.4 is 0 Å². The van der Waals surface area contributed by atoms with E-state index in [1.165, 1.54) is 0 Å². The number of hydrogen-bond acceptors (Lipinski definition) is 4. The third-order valence-electron chi connectivity index (χ3n) is 1.00. The first-order valence-corrected chi connectivity index (χ1v) is 3.25. The van der Waals surface area contributed by atoms with Crippen molar-refractivity contribution >= 4 is 5.97 Å². The van der Waals surface area contributed by atoms with Crippen LogP contribution in [0.2, 0.25) is 0 Å². The molecule has 0 saturated carbocycles. The lowest BCUT2D eigenvalue weighted by atomic mass is 10.3. The number of esters is 1. The maximum atomic E-state index is 10.8. The van der Waals surface area contributed by atoms with Crippen LogP contribution in [0.25, 0.3) is 4.98 Å². The monoisotopic (exact) mass is 169 g/mol. The normalized spacial score (nSPS) is 11.0. The van der Waals surface area contributed by atoms with Gasteiger partial charge in [-0.1, -0.05) is 6.58 Å². The van der Waals surface area contributed by atoms with Crippen molar-refractivity contribution in [3.8, 4) is 0 Å². The Labute approximate surface area is 69.6 Å². The van der Waals surface area contributed by atoms with Crippen molar-refractivity contribution < 1.29 is 14.6 Å². The van der Waals surface area contributed by atoms with Crippen LogP contribution >= 0.6 is 0 Å². The molecule has 0 atom stereocenters. The molecule has 0 heterocycles. The fourth-order valence-corrected chi connectivity index (χ4v) is 0.493. The maximum Gasteiger partial charge on any atom is 0.509 e. The molecule has 0 amide bonds. The van der Waals surface area contributed by atoms with E-state index in [-0.39, 0.29) is 6.61 Å². The first kappa shape index (κ1) is 10.2. The summed E-state index contributed by atoms with van der Waals surface area (Å²) in [5.41, 5.74) is -0.549. The summed E-state index contributed by atoms with van der Waals surface area (Å²) in [6.07, 6.45) is 0.978. The van der Waals surface area contributed by atoms with E-state index < -0.39 is 17.4 Å². The van der Waals surface area contributed by atoms with Gasteiger partial charge in [0.15, 0.2) is 4.98 Å². The maximum absolute atomic E-state index is 10.8. The highest BCUT2D eigenvalue weighted by Crippen LogP contribution is 2.06. The lowest BCUT2D eigenvalue weighted by Crippen LogP contribution is -2.06. The molecule has 1 N–H and O–H groups in total. The van der Waals surface area contributed by atoms with E-state index in [1.807, 2.05) is 0 Å². The summed E-state index contributed by atoms with van der Waals surface area (Å²) in [5, 5.41) is 17.2. The standard InChI is InChI=1S/C7H8N2O3/c1-3-5(10)6(9-8)7(11)12-4-2/h3H,1,4H2,2H3/p+1. The fourth-order valence-electron chi connectivity index (χ4n) is 0.493. The molecule has 0 radical (unpaired) electrons.